The Balaban J connectivity index is 3.03. The van der Waals surface area contributed by atoms with Gasteiger partial charge < -0.3 is 19.9 Å². The van der Waals surface area contributed by atoms with E-state index in [1.54, 1.807) is 27.7 Å². The number of rotatable bonds is 5. The standard InChI is InChI=1S/C19H24F3NO4/c1-5-15(23-17(25)27-18(2,3)4)9-7-13-6-8-14(19(20,21)22)12-16(13)26-11-10-24/h6,8,12,15,24H,5,10-11H2,1-4H3,(H,23,25). The predicted molar refractivity (Wildman–Crippen MR) is 94.4 cm³/mol. The molecule has 0 saturated carbocycles. The van der Waals surface area contributed by atoms with Crippen LogP contribution in [-0.4, -0.2) is 36.1 Å². The van der Waals surface area contributed by atoms with Gasteiger partial charge in [0, 0.05) is 0 Å². The molecule has 1 amide bonds. The van der Waals surface area contributed by atoms with Gasteiger partial charge in [0.15, 0.2) is 0 Å². The van der Waals surface area contributed by atoms with Crippen molar-refractivity contribution in [1.82, 2.24) is 5.32 Å². The maximum absolute atomic E-state index is 12.9. The summed E-state index contributed by atoms with van der Waals surface area (Å²) in [5.41, 5.74) is -1.31. The molecule has 0 aromatic heterocycles. The Morgan fingerprint density at radius 3 is 2.48 bits per heavy atom. The Kier molecular flexibility index (Phi) is 7.98. The van der Waals surface area contributed by atoms with Gasteiger partial charge in [0.25, 0.3) is 0 Å². The Labute approximate surface area is 156 Å². The molecule has 1 unspecified atom stereocenters. The zero-order chi connectivity index (χ0) is 20.7. The summed E-state index contributed by atoms with van der Waals surface area (Å²) in [6.07, 6.45) is -4.68. The first-order valence-electron chi connectivity index (χ1n) is 8.42. The van der Waals surface area contributed by atoms with E-state index in [1.165, 1.54) is 6.07 Å². The van der Waals surface area contributed by atoms with Crippen molar-refractivity contribution in [2.75, 3.05) is 13.2 Å². The van der Waals surface area contributed by atoms with E-state index in [9.17, 15) is 18.0 Å². The van der Waals surface area contributed by atoms with Crippen LogP contribution in [0.3, 0.4) is 0 Å². The highest BCUT2D eigenvalue weighted by Crippen LogP contribution is 2.33. The molecule has 27 heavy (non-hydrogen) atoms. The number of benzene rings is 1. The fourth-order valence-electron chi connectivity index (χ4n) is 1.93. The molecule has 0 heterocycles. The number of amides is 1. The quantitative estimate of drug-likeness (QED) is 0.756. The van der Waals surface area contributed by atoms with Crippen LogP contribution in [0, 0.1) is 11.8 Å². The van der Waals surface area contributed by atoms with Crippen LogP contribution in [0.1, 0.15) is 45.2 Å². The molecular weight excluding hydrogens is 363 g/mol. The number of alkyl carbamates (subject to hydrolysis) is 1. The molecule has 1 aromatic rings. The molecule has 2 N–H and O–H groups in total. The molecule has 150 valence electrons. The molecule has 0 aliphatic carbocycles. The zero-order valence-corrected chi connectivity index (χ0v) is 15.7. The van der Waals surface area contributed by atoms with Crippen LogP contribution >= 0.6 is 0 Å². The van der Waals surface area contributed by atoms with Gasteiger partial charge in [-0.2, -0.15) is 13.2 Å². The lowest BCUT2D eigenvalue weighted by molar-refractivity contribution is -0.137. The van der Waals surface area contributed by atoms with E-state index in [0.29, 0.717) is 6.42 Å². The van der Waals surface area contributed by atoms with Crippen molar-refractivity contribution < 1.29 is 32.5 Å². The molecule has 0 spiro atoms. The lowest BCUT2D eigenvalue weighted by Crippen LogP contribution is -2.38. The Hall–Kier alpha value is -2.40. The number of aliphatic hydroxyl groups is 1. The van der Waals surface area contributed by atoms with Gasteiger partial charge in [-0.1, -0.05) is 18.8 Å². The SMILES string of the molecule is CCC(C#Cc1ccc(C(F)(F)F)cc1OCCO)NC(=O)OC(C)(C)C. The third-order valence-electron chi connectivity index (χ3n) is 3.14. The number of carbonyl (C=O) groups excluding carboxylic acids is 1. The van der Waals surface area contributed by atoms with Gasteiger partial charge in [-0.05, 0) is 45.4 Å². The molecule has 0 bridgehead atoms. The van der Waals surface area contributed by atoms with Crippen LogP contribution in [0.15, 0.2) is 18.2 Å². The van der Waals surface area contributed by atoms with Crippen molar-refractivity contribution in [3.63, 3.8) is 0 Å². The number of hydrogen-bond donors (Lipinski definition) is 2. The Bertz CT molecular complexity index is 700. The fourth-order valence-corrected chi connectivity index (χ4v) is 1.93. The van der Waals surface area contributed by atoms with E-state index in [2.05, 4.69) is 17.2 Å². The van der Waals surface area contributed by atoms with E-state index in [-0.39, 0.29) is 24.5 Å². The number of hydrogen-bond acceptors (Lipinski definition) is 4. The normalized spacial score (nSPS) is 12.6. The summed E-state index contributed by atoms with van der Waals surface area (Å²) in [6, 6.07) is 2.38. The number of aliphatic hydroxyl groups excluding tert-OH is 1. The monoisotopic (exact) mass is 387 g/mol. The van der Waals surface area contributed by atoms with E-state index in [4.69, 9.17) is 14.6 Å². The number of nitrogens with one attached hydrogen (secondary N) is 1. The summed E-state index contributed by atoms with van der Waals surface area (Å²) >= 11 is 0. The third-order valence-corrected chi connectivity index (χ3v) is 3.14. The lowest BCUT2D eigenvalue weighted by atomic mass is 10.1. The molecule has 0 fully saturated rings. The zero-order valence-electron chi connectivity index (χ0n) is 15.7. The highest BCUT2D eigenvalue weighted by Gasteiger charge is 2.31. The van der Waals surface area contributed by atoms with Gasteiger partial charge >= 0.3 is 12.3 Å². The highest BCUT2D eigenvalue weighted by molar-refractivity contribution is 5.68. The second kappa shape index (κ2) is 9.51. The fraction of sp³-hybridized carbons (Fsp3) is 0.526. The summed E-state index contributed by atoms with van der Waals surface area (Å²) in [7, 11) is 0. The van der Waals surface area contributed by atoms with Crippen LogP contribution in [0.25, 0.3) is 0 Å². The molecule has 1 aromatic carbocycles. The average molecular weight is 387 g/mol. The van der Waals surface area contributed by atoms with Crippen LogP contribution in [-0.2, 0) is 10.9 Å². The van der Waals surface area contributed by atoms with Gasteiger partial charge in [-0.25, -0.2) is 4.79 Å². The van der Waals surface area contributed by atoms with Gasteiger partial charge in [0.1, 0.15) is 18.0 Å². The maximum Gasteiger partial charge on any atom is 0.416 e. The van der Waals surface area contributed by atoms with Crippen molar-refractivity contribution in [3.8, 4) is 17.6 Å². The highest BCUT2D eigenvalue weighted by atomic mass is 19.4. The summed E-state index contributed by atoms with van der Waals surface area (Å²) in [5, 5.41) is 11.4. The molecule has 1 rings (SSSR count). The second-order valence-corrected chi connectivity index (χ2v) is 6.66. The van der Waals surface area contributed by atoms with Gasteiger partial charge in [0.2, 0.25) is 0 Å². The van der Waals surface area contributed by atoms with Crippen molar-refractivity contribution in [1.29, 1.82) is 0 Å². The molecule has 0 radical (unpaired) electrons. The Morgan fingerprint density at radius 2 is 1.96 bits per heavy atom. The minimum absolute atomic E-state index is 0.0847. The van der Waals surface area contributed by atoms with Crippen LogP contribution in [0.5, 0.6) is 5.75 Å². The summed E-state index contributed by atoms with van der Waals surface area (Å²) in [5.74, 6) is 5.43. The van der Waals surface area contributed by atoms with Gasteiger partial charge in [-0.15, -0.1) is 0 Å². The topological polar surface area (TPSA) is 67.8 Å². The minimum atomic E-state index is -4.52. The first kappa shape index (κ1) is 22.6. The molecule has 1 atom stereocenters. The smallest absolute Gasteiger partial charge is 0.416 e. The molecular formula is C19H24F3NO4. The number of carbonyl (C=O) groups is 1. The van der Waals surface area contributed by atoms with Crippen LogP contribution < -0.4 is 10.1 Å². The molecule has 0 saturated heterocycles. The van der Waals surface area contributed by atoms with Crippen molar-refractivity contribution in [2.45, 2.75) is 51.9 Å². The van der Waals surface area contributed by atoms with E-state index >= 15 is 0 Å². The summed E-state index contributed by atoms with van der Waals surface area (Å²) in [4.78, 5) is 11.8. The van der Waals surface area contributed by atoms with Crippen molar-refractivity contribution >= 4 is 6.09 Å². The first-order valence-corrected chi connectivity index (χ1v) is 8.42. The van der Waals surface area contributed by atoms with E-state index < -0.39 is 29.5 Å². The molecule has 0 aliphatic rings. The third kappa shape index (κ3) is 8.22. The molecule has 5 nitrogen and oxygen atoms in total. The van der Waals surface area contributed by atoms with E-state index in [0.717, 1.165) is 12.1 Å². The number of halogens is 3. The maximum atomic E-state index is 12.9. The number of ether oxygens (including phenoxy) is 2. The predicted octanol–water partition coefficient (Wildman–Crippen LogP) is 3.73. The summed E-state index contributed by atoms with van der Waals surface area (Å²) in [6.45, 7) is 6.47. The van der Waals surface area contributed by atoms with Gasteiger partial charge in [-0.3, -0.25) is 0 Å². The van der Waals surface area contributed by atoms with Crippen molar-refractivity contribution in [2.24, 2.45) is 0 Å². The largest absolute Gasteiger partial charge is 0.490 e. The second-order valence-electron chi connectivity index (χ2n) is 6.66. The lowest BCUT2D eigenvalue weighted by Gasteiger charge is -2.21. The van der Waals surface area contributed by atoms with E-state index in [1.807, 2.05) is 0 Å². The van der Waals surface area contributed by atoms with Crippen LogP contribution in [0.2, 0.25) is 0 Å². The average Bonchev–Trinajstić information content (AvgIpc) is 2.54. The minimum Gasteiger partial charge on any atom is -0.490 e. The number of alkyl halides is 3. The van der Waals surface area contributed by atoms with Crippen LogP contribution in [0.4, 0.5) is 18.0 Å². The first-order chi connectivity index (χ1) is 12.5. The Morgan fingerprint density at radius 1 is 1.30 bits per heavy atom. The molecule has 0 aliphatic heterocycles. The van der Waals surface area contributed by atoms with Crippen molar-refractivity contribution in [3.05, 3.63) is 29.3 Å². The van der Waals surface area contributed by atoms with Gasteiger partial charge in [0.05, 0.1) is 23.8 Å². The molecule has 8 heteroatoms. The summed E-state index contributed by atoms with van der Waals surface area (Å²) < 4.78 is 48.9.